The molecule has 1 atom stereocenters. The number of carbonyl (C=O) groups is 1. The van der Waals surface area contributed by atoms with Crippen LogP contribution in [0.5, 0.6) is 0 Å². The summed E-state index contributed by atoms with van der Waals surface area (Å²) in [5.41, 5.74) is 3.00. The number of hydrogen-bond acceptors (Lipinski definition) is 3. The fourth-order valence-electron chi connectivity index (χ4n) is 3.97. The second-order valence-electron chi connectivity index (χ2n) is 7.04. The minimum atomic E-state index is 0.0651. The Bertz CT molecular complexity index is 697. The largest absolute Gasteiger partial charge is 0.331 e. The van der Waals surface area contributed by atoms with E-state index in [1.54, 1.807) is 11.3 Å². The Morgan fingerprint density at radius 2 is 1.76 bits per heavy atom. The van der Waals surface area contributed by atoms with Gasteiger partial charge in [0, 0.05) is 37.1 Å². The molecular weight excluding hydrogens is 330 g/mol. The molecule has 4 nitrogen and oxygen atoms in total. The van der Waals surface area contributed by atoms with Crippen LogP contribution in [0.3, 0.4) is 0 Å². The maximum absolute atomic E-state index is 12.5. The molecule has 1 fully saturated rings. The van der Waals surface area contributed by atoms with Crippen LogP contribution < -0.4 is 5.32 Å². The summed E-state index contributed by atoms with van der Waals surface area (Å²) < 4.78 is 0. The van der Waals surface area contributed by atoms with Gasteiger partial charge >= 0.3 is 6.03 Å². The standard InChI is InChI=1S/C20H25N3OS/c1-15(19-7-4-12-25-19)21-20(24)23-10-8-22(9-11-23)18-13-16-5-2-3-6-17(16)14-18/h2-7,12,15,18H,8-11,13-14H2,1H3,(H,21,24)/t15-/m0/s1. The fourth-order valence-corrected chi connectivity index (χ4v) is 4.70. The van der Waals surface area contributed by atoms with Crippen molar-refractivity contribution in [3.05, 3.63) is 57.8 Å². The number of amides is 2. The minimum absolute atomic E-state index is 0.0651. The molecule has 1 aliphatic carbocycles. The molecule has 1 aromatic carbocycles. The van der Waals surface area contributed by atoms with Gasteiger partial charge in [0.25, 0.3) is 0 Å². The zero-order valence-corrected chi connectivity index (χ0v) is 15.5. The van der Waals surface area contributed by atoms with Crippen LogP contribution in [0.1, 0.15) is 29.0 Å². The van der Waals surface area contributed by atoms with Crippen molar-refractivity contribution in [3.8, 4) is 0 Å². The number of thiophene rings is 1. The van der Waals surface area contributed by atoms with Crippen LogP contribution in [0, 0.1) is 0 Å². The normalized spacial score (nSPS) is 19.6. The lowest BCUT2D eigenvalue weighted by Gasteiger charge is -2.38. The van der Waals surface area contributed by atoms with Crippen molar-refractivity contribution in [1.29, 1.82) is 0 Å². The Kier molecular flexibility index (Phi) is 4.77. The first-order valence-corrected chi connectivity index (χ1v) is 9.98. The molecule has 0 radical (unpaired) electrons. The lowest BCUT2D eigenvalue weighted by atomic mass is 10.1. The third kappa shape index (κ3) is 3.58. The highest BCUT2D eigenvalue weighted by Gasteiger charge is 2.30. The van der Waals surface area contributed by atoms with Gasteiger partial charge < -0.3 is 10.2 Å². The molecule has 0 bridgehead atoms. The number of fused-ring (bicyclic) bond motifs is 1. The number of benzene rings is 1. The molecular formula is C20H25N3OS. The Hall–Kier alpha value is -1.85. The second-order valence-corrected chi connectivity index (χ2v) is 8.02. The van der Waals surface area contributed by atoms with Gasteiger partial charge in [0.05, 0.1) is 6.04 Å². The van der Waals surface area contributed by atoms with E-state index in [1.807, 2.05) is 11.0 Å². The monoisotopic (exact) mass is 355 g/mol. The van der Waals surface area contributed by atoms with Gasteiger partial charge in [-0.1, -0.05) is 30.3 Å². The molecule has 4 rings (SSSR count). The number of piperazine rings is 1. The molecule has 132 valence electrons. The van der Waals surface area contributed by atoms with Gasteiger partial charge in [0.2, 0.25) is 0 Å². The Morgan fingerprint density at radius 1 is 1.08 bits per heavy atom. The highest BCUT2D eigenvalue weighted by atomic mass is 32.1. The molecule has 1 saturated heterocycles. The van der Waals surface area contributed by atoms with Crippen LogP contribution in [0.4, 0.5) is 4.79 Å². The van der Waals surface area contributed by atoms with Gasteiger partial charge in [0.15, 0.2) is 0 Å². The van der Waals surface area contributed by atoms with Gasteiger partial charge in [-0.15, -0.1) is 11.3 Å². The minimum Gasteiger partial charge on any atom is -0.331 e. The molecule has 2 aromatic rings. The van der Waals surface area contributed by atoms with Crippen molar-refractivity contribution in [3.63, 3.8) is 0 Å². The smallest absolute Gasteiger partial charge is 0.317 e. The number of nitrogens with one attached hydrogen (secondary N) is 1. The van der Waals surface area contributed by atoms with E-state index in [0.717, 1.165) is 39.0 Å². The van der Waals surface area contributed by atoms with Crippen LogP contribution >= 0.6 is 11.3 Å². The molecule has 0 spiro atoms. The fraction of sp³-hybridized carbons (Fsp3) is 0.450. The topological polar surface area (TPSA) is 35.6 Å². The molecule has 1 aliphatic heterocycles. The predicted molar refractivity (Wildman–Crippen MR) is 102 cm³/mol. The van der Waals surface area contributed by atoms with E-state index in [4.69, 9.17) is 0 Å². The summed E-state index contributed by atoms with van der Waals surface area (Å²) in [6.07, 6.45) is 2.30. The summed E-state index contributed by atoms with van der Waals surface area (Å²) in [5, 5.41) is 5.18. The zero-order chi connectivity index (χ0) is 17.2. The number of nitrogens with zero attached hydrogens (tertiary/aromatic N) is 2. The van der Waals surface area contributed by atoms with Crippen molar-refractivity contribution in [2.24, 2.45) is 0 Å². The highest BCUT2D eigenvalue weighted by molar-refractivity contribution is 7.10. The van der Waals surface area contributed by atoms with E-state index in [-0.39, 0.29) is 12.1 Å². The van der Waals surface area contributed by atoms with E-state index < -0.39 is 0 Å². The molecule has 25 heavy (non-hydrogen) atoms. The average molecular weight is 356 g/mol. The maximum atomic E-state index is 12.5. The molecule has 1 aromatic heterocycles. The van der Waals surface area contributed by atoms with E-state index in [9.17, 15) is 4.79 Å². The molecule has 2 amide bonds. The lowest BCUT2D eigenvalue weighted by molar-refractivity contribution is 0.110. The molecule has 0 saturated carbocycles. The number of hydrogen-bond donors (Lipinski definition) is 1. The molecule has 2 heterocycles. The molecule has 2 aliphatic rings. The van der Waals surface area contributed by atoms with Crippen LogP contribution in [-0.2, 0) is 12.8 Å². The van der Waals surface area contributed by atoms with Gasteiger partial charge in [-0.2, -0.15) is 0 Å². The van der Waals surface area contributed by atoms with E-state index in [2.05, 4.69) is 52.9 Å². The molecule has 5 heteroatoms. The Labute approximate surface area is 153 Å². The first kappa shape index (κ1) is 16.6. The average Bonchev–Trinajstić information content (AvgIpc) is 3.31. The summed E-state index contributed by atoms with van der Waals surface area (Å²) in [4.78, 5) is 18.2. The molecule has 1 N–H and O–H groups in total. The van der Waals surface area contributed by atoms with Gasteiger partial charge in [0.1, 0.15) is 0 Å². The second kappa shape index (κ2) is 7.18. The summed E-state index contributed by atoms with van der Waals surface area (Å²) in [6.45, 7) is 5.63. The quantitative estimate of drug-likeness (QED) is 0.917. The van der Waals surface area contributed by atoms with Crippen LogP contribution in [0.15, 0.2) is 41.8 Å². The zero-order valence-electron chi connectivity index (χ0n) is 14.6. The van der Waals surface area contributed by atoms with Gasteiger partial charge in [-0.3, -0.25) is 4.90 Å². The number of urea groups is 1. The van der Waals surface area contributed by atoms with Crippen LogP contribution in [-0.4, -0.2) is 48.1 Å². The number of carbonyl (C=O) groups excluding carboxylic acids is 1. The van der Waals surface area contributed by atoms with Crippen molar-refractivity contribution >= 4 is 17.4 Å². The third-order valence-corrected chi connectivity index (χ3v) is 6.51. The van der Waals surface area contributed by atoms with Crippen LogP contribution in [0.25, 0.3) is 0 Å². The highest BCUT2D eigenvalue weighted by Crippen LogP contribution is 2.26. The van der Waals surface area contributed by atoms with E-state index >= 15 is 0 Å². The van der Waals surface area contributed by atoms with Crippen molar-refractivity contribution in [2.45, 2.75) is 31.8 Å². The summed E-state index contributed by atoms with van der Waals surface area (Å²) in [5.74, 6) is 0. The van der Waals surface area contributed by atoms with Crippen molar-refractivity contribution < 1.29 is 4.79 Å². The van der Waals surface area contributed by atoms with Crippen molar-refractivity contribution in [1.82, 2.24) is 15.1 Å². The van der Waals surface area contributed by atoms with E-state index in [0.29, 0.717) is 6.04 Å². The Balaban J connectivity index is 1.28. The predicted octanol–water partition coefficient (Wildman–Crippen LogP) is 3.30. The Morgan fingerprint density at radius 3 is 2.36 bits per heavy atom. The van der Waals surface area contributed by atoms with Gasteiger partial charge in [-0.05, 0) is 42.3 Å². The number of rotatable bonds is 3. The van der Waals surface area contributed by atoms with Gasteiger partial charge in [-0.25, -0.2) is 4.79 Å². The summed E-state index contributed by atoms with van der Waals surface area (Å²) in [7, 11) is 0. The first-order chi connectivity index (χ1) is 12.2. The molecule has 0 unspecified atom stereocenters. The van der Waals surface area contributed by atoms with Crippen LogP contribution in [0.2, 0.25) is 0 Å². The first-order valence-electron chi connectivity index (χ1n) is 9.10. The third-order valence-electron chi connectivity index (χ3n) is 5.46. The summed E-state index contributed by atoms with van der Waals surface area (Å²) in [6, 6.07) is 13.6. The maximum Gasteiger partial charge on any atom is 0.317 e. The summed E-state index contributed by atoms with van der Waals surface area (Å²) >= 11 is 1.69. The van der Waals surface area contributed by atoms with E-state index in [1.165, 1.54) is 16.0 Å². The SMILES string of the molecule is C[C@H](NC(=O)N1CCN(C2Cc3ccccc3C2)CC1)c1cccs1. The van der Waals surface area contributed by atoms with Crippen molar-refractivity contribution in [2.75, 3.05) is 26.2 Å². The lowest BCUT2D eigenvalue weighted by Crippen LogP contribution is -2.54.